The van der Waals surface area contributed by atoms with Crippen molar-refractivity contribution in [2.75, 3.05) is 20.8 Å². The SMILES string of the molecule is CCOc1ccc(C(=O)NNC(=O)c2cnc3c(cnn3Cc3ccc(OC)cc3OC)c2)cc1. The summed E-state index contributed by atoms with van der Waals surface area (Å²) in [5, 5.41) is 5.08. The third kappa shape index (κ3) is 5.32. The summed E-state index contributed by atoms with van der Waals surface area (Å²) < 4.78 is 17.8. The van der Waals surface area contributed by atoms with Crippen LogP contribution in [0, 0.1) is 0 Å². The number of carbonyl (C=O) groups excluding carboxylic acids is 2. The van der Waals surface area contributed by atoms with Crippen LogP contribution in [0.2, 0.25) is 0 Å². The molecular weight excluding hydrogens is 450 g/mol. The van der Waals surface area contributed by atoms with E-state index in [0.29, 0.717) is 47.0 Å². The Labute approximate surface area is 201 Å². The average molecular weight is 476 g/mol. The molecule has 0 bridgehead atoms. The van der Waals surface area contributed by atoms with Crippen molar-refractivity contribution in [3.8, 4) is 17.2 Å². The highest BCUT2D eigenvalue weighted by molar-refractivity contribution is 6.00. The Balaban J connectivity index is 1.43. The van der Waals surface area contributed by atoms with Crippen LogP contribution in [0.4, 0.5) is 0 Å². The lowest BCUT2D eigenvalue weighted by Gasteiger charge is -2.11. The molecule has 2 aromatic carbocycles. The fraction of sp³-hybridized carbons (Fsp3) is 0.200. The van der Waals surface area contributed by atoms with Crippen LogP contribution in [0.25, 0.3) is 11.0 Å². The zero-order valence-electron chi connectivity index (χ0n) is 19.6. The number of carbonyl (C=O) groups is 2. The van der Waals surface area contributed by atoms with E-state index in [9.17, 15) is 9.59 Å². The van der Waals surface area contributed by atoms with Gasteiger partial charge in [0, 0.05) is 28.8 Å². The number of hydrazine groups is 1. The molecule has 0 saturated carbocycles. The molecular formula is C25H25N5O5. The van der Waals surface area contributed by atoms with Crippen LogP contribution < -0.4 is 25.1 Å². The van der Waals surface area contributed by atoms with E-state index in [2.05, 4.69) is 20.9 Å². The molecule has 0 aliphatic heterocycles. The second-order valence-corrected chi connectivity index (χ2v) is 7.48. The zero-order chi connectivity index (χ0) is 24.8. The number of nitrogens with one attached hydrogen (secondary N) is 2. The van der Waals surface area contributed by atoms with Crippen molar-refractivity contribution in [2.45, 2.75) is 13.5 Å². The highest BCUT2D eigenvalue weighted by Crippen LogP contribution is 2.26. The number of nitrogens with zero attached hydrogens (tertiary/aromatic N) is 3. The first-order valence-corrected chi connectivity index (χ1v) is 10.9. The lowest BCUT2D eigenvalue weighted by atomic mass is 10.2. The van der Waals surface area contributed by atoms with Crippen molar-refractivity contribution in [1.82, 2.24) is 25.6 Å². The Morgan fingerprint density at radius 2 is 1.60 bits per heavy atom. The molecule has 10 heteroatoms. The molecule has 2 amide bonds. The third-order valence-electron chi connectivity index (χ3n) is 5.27. The molecule has 0 radical (unpaired) electrons. The number of aromatic nitrogens is 3. The number of ether oxygens (including phenoxy) is 3. The van der Waals surface area contributed by atoms with Crippen LogP contribution in [0.1, 0.15) is 33.2 Å². The molecule has 180 valence electrons. The minimum absolute atomic E-state index is 0.283. The second kappa shape index (κ2) is 10.6. The molecule has 35 heavy (non-hydrogen) atoms. The zero-order valence-corrected chi connectivity index (χ0v) is 19.6. The Kier molecular flexibility index (Phi) is 7.10. The molecule has 0 aliphatic carbocycles. The summed E-state index contributed by atoms with van der Waals surface area (Å²) in [4.78, 5) is 29.3. The minimum atomic E-state index is -0.497. The first kappa shape index (κ1) is 23.6. The van der Waals surface area contributed by atoms with Crippen molar-refractivity contribution >= 4 is 22.8 Å². The molecule has 4 rings (SSSR count). The van der Waals surface area contributed by atoms with Crippen LogP contribution in [0.15, 0.2) is 60.9 Å². The van der Waals surface area contributed by atoms with Gasteiger partial charge < -0.3 is 14.2 Å². The van der Waals surface area contributed by atoms with Gasteiger partial charge in [-0.2, -0.15) is 5.10 Å². The van der Waals surface area contributed by atoms with Crippen molar-refractivity contribution < 1.29 is 23.8 Å². The Bertz CT molecular complexity index is 1350. The van der Waals surface area contributed by atoms with Gasteiger partial charge in [-0.15, -0.1) is 0 Å². The fourth-order valence-electron chi connectivity index (χ4n) is 3.48. The number of fused-ring (bicyclic) bond motifs is 1. The predicted octanol–water partition coefficient (Wildman–Crippen LogP) is 2.97. The number of hydrogen-bond acceptors (Lipinski definition) is 7. The van der Waals surface area contributed by atoms with Gasteiger partial charge in [-0.25, -0.2) is 9.67 Å². The van der Waals surface area contributed by atoms with Gasteiger partial charge >= 0.3 is 0 Å². The molecule has 0 fully saturated rings. The second-order valence-electron chi connectivity index (χ2n) is 7.48. The molecule has 10 nitrogen and oxygen atoms in total. The summed E-state index contributed by atoms with van der Waals surface area (Å²) in [5.74, 6) is 1.09. The first-order valence-electron chi connectivity index (χ1n) is 10.9. The van der Waals surface area contributed by atoms with Gasteiger partial charge in [0.15, 0.2) is 5.65 Å². The summed E-state index contributed by atoms with van der Waals surface area (Å²) in [5.41, 5.74) is 6.99. The number of methoxy groups -OCH3 is 2. The van der Waals surface area contributed by atoms with Crippen LogP contribution in [-0.4, -0.2) is 47.4 Å². The van der Waals surface area contributed by atoms with E-state index in [0.717, 1.165) is 5.56 Å². The number of rotatable bonds is 8. The van der Waals surface area contributed by atoms with Gasteiger partial charge in [-0.1, -0.05) is 0 Å². The maximum atomic E-state index is 12.6. The van der Waals surface area contributed by atoms with E-state index in [4.69, 9.17) is 14.2 Å². The summed E-state index contributed by atoms with van der Waals surface area (Å²) >= 11 is 0. The van der Waals surface area contributed by atoms with Crippen LogP contribution in [-0.2, 0) is 6.54 Å². The smallest absolute Gasteiger partial charge is 0.271 e. The van der Waals surface area contributed by atoms with Crippen LogP contribution >= 0.6 is 0 Å². The van der Waals surface area contributed by atoms with Gasteiger partial charge in [0.05, 0.1) is 39.1 Å². The standard InChI is InChI=1S/C25H25N5O5/c1-4-35-20-8-5-16(6-9-20)24(31)28-29-25(32)19-11-18-14-27-30(23(18)26-13-19)15-17-7-10-21(33-2)12-22(17)34-3/h5-14H,4,15H2,1-3H3,(H,28,31)(H,29,32). The van der Waals surface area contributed by atoms with Gasteiger partial charge in [0.25, 0.3) is 11.8 Å². The molecule has 4 aromatic rings. The topological polar surface area (TPSA) is 117 Å². The van der Waals surface area contributed by atoms with Crippen molar-refractivity contribution in [3.63, 3.8) is 0 Å². The molecule has 0 atom stereocenters. The third-order valence-corrected chi connectivity index (χ3v) is 5.27. The number of pyridine rings is 1. The van der Waals surface area contributed by atoms with Crippen molar-refractivity contribution in [3.05, 3.63) is 77.6 Å². The van der Waals surface area contributed by atoms with E-state index in [1.54, 1.807) is 61.5 Å². The molecule has 2 heterocycles. The number of amides is 2. The lowest BCUT2D eigenvalue weighted by molar-refractivity contribution is 0.0846. The van der Waals surface area contributed by atoms with Gasteiger partial charge in [0.2, 0.25) is 0 Å². The predicted molar refractivity (Wildman–Crippen MR) is 129 cm³/mol. The summed E-state index contributed by atoms with van der Waals surface area (Å²) in [7, 11) is 3.19. The monoisotopic (exact) mass is 475 g/mol. The minimum Gasteiger partial charge on any atom is -0.497 e. The van der Waals surface area contributed by atoms with Gasteiger partial charge in [0.1, 0.15) is 17.2 Å². The van der Waals surface area contributed by atoms with Gasteiger partial charge in [-0.05, 0) is 49.4 Å². The van der Waals surface area contributed by atoms with E-state index >= 15 is 0 Å². The summed E-state index contributed by atoms with van der Waals surface area (Å²) in [6.45, 7) is 2.84. The van der Waals surface area contributed by atoms with Crippen molar-refractivity contribution in [2.24, 2.45) is 0 Å². The number of hydrogen-bond donors (Lipinski definition) is 2. The Hall–Kier alpha value is -4.60. The molecule has 2 aromatic heterocycles. The van der Waals surface area contributed by atoms with Gasteiger partial charge in [-0.3, -0.25) is 20.4 Å². The highest BCUT2D eigenvalue weighted by Gasteiger charge is 2.14. The number of benzene rings is 2. The van der Waals surface area contributed by atoms with E-state index < -0.39 is 11.8 Å². The molecule has 0 saturated heterocycles. The van der Waals surface area contributed by atoms with Crippen LogP contribution in [0.3, 0.4) is 0 Å². The molecule has 0 aliphatic rings. The van der Waals surface area contributed by atoms with Crippen molar-refractivity contribution in [1.29, 1.82) is 0 Å². The maximum Gasteiger partial charge on any atom is 0.271 e. The normalized spacial score (nSPS) is 10.6. The van der Waals surface area contributed by atoms with E-state index in [1.165, 1.54) is 6.20 Å². The van der Waals surface area contributed by atoms with E-state index in [-0.39, 0.29) is 5.56 Å². The quantitative estimate of drug-likeness (QED) is 0.376. The largest absolute Gasteiger partial charge is 0.497 e. The highest BCUT2D eigenvalue weighted by atomic mass is 16.5. The maximum absolute atomic E-state index is 12.6. The Morgan fingerprint density at radius 1 is 0.886 bits per heavy atom. The first-order chi connectivity index (χ1) is 17.0. The van der Waals surface area contributed by atoms with Crippen LogP contribution in [0.5, 0.6) is 17.2 Å². The average Bonchev–Trinajstić information content (AvgIpc) is 3.29. The Morgan fingerprint density at radius 3 is 2.29 bits per heavy atom. The molecule has 2 N–H and O–H groups in total. The summed E-state index contributed by atoms with van der Waals surface area (Å²) in [6, 6.07) is 13.8. The fourth-order valence-corrected chi connectivity index (χ4v) is 3.48. The summed E-state index contributed by atoms with van der Waals surface area (Å²) in [6.07, 6.45) is 3.07. The lowest BCUT2D eigenvalue weighted by Crippen LogP contribution is -2.41. The van der Waals surface area contributed by atoms with E-state index in [1.807, 2.05) is 19.1 Å². The molecule has 0 unspecified atom stereocenters. The molecule has 0 spiro atoms.